The van der Waals surface area contributed by atoms with Crippen molar-refractivity contribution >= 4 is 19.6 Å². The zero-order valence-corrected chi connectivity index (χ0v) is 20.4. The second-order valence-electron chi connectivity index (χ2n) is 9.02. The number of esters is 1. The fourth-order valence-electron chi connectivity index (χ4n) is 4.45. The number of aryl methyl sites for hydroxylation is 2. The molecule has 0 amide bonds. The van der Waals surface area contributed by atoms with Gasteiger partial charge in [0.05, 0.1) is 31.0 Å². The summed E-state index contributed by atoms with van der Waals surface area (Å²) in [5, 5.41) is 0. The molecule has 2 aromatic carbocycles. The number of halogens is 3. The van der Waals surface area contributed by atoms with Gasteiger partial charge in [0, 0.05) is 18.5 Å². The molecule has 1 aliphatic heterocycles. The summed E-state index contributed by atoms with van der Waals surface area (Å²) in [6.07, 6.45) is -2.23. The van der Waals surface area contributed by atoms with E-state index in [2.05, 4.69) is 9.97 Å². The van der Waals surface area contributed by atoms with Gasteiger partial charge in [0.15, 0.2) is 0 Å². The van der Waals surface area contributed by atoms with Crippen LogP contribution in [0.2, 0.25) is 0 Å². The minimum absolute atomic E-state index is 0.0530. The summed E-state index contributed by atoms with van der Waals surface area (Å²) in [4.78, 5) is 32.5. The van der Waals surface area contributed by atoms with E-state index in [1.165, 1.54) is 14.5 Å². The minimum atomic E-state index is -4.57. The zero-order chi connectivity index (χ0) is 26.4. The van der Waals surface area contributed by atoms with Crippen molar-refractivity contribution in [2.75, 3.05) is 20.2 Å². The molecule has 0 spiro atoms. The van der Waals surface area contributed by atoms with E-state index < -0.39 is 17.7 Å². The van der Waals surface area contributed by atoms with Crippen LogP contribution in [0.15, 0.2) is 54.7 Å². The van der Waals surface area contributed by atoms with E-state index in [9.17, 15) is 22.8 Å². The Morgan fingerprint density at radius 2 is 1.81 bits per heavy atom. The summed E-state index contributed by atoms with van der Waals surface area (Å²) in [5.74, 6) is 0.253. The Hall–Kier alpha value is -3.53. The first-order valence-corrected chi connectivity index (χ1v) is 11.9. The van der Waals surface area contributed by atoms with E-state index in [0.29, 0.717) is 24.6 Å². The normalized spacial score (nSPS) is 14.2. The van der Waals surface area contributed by atoms with Crippen molar-refractivity contribution in [1.82, 2.24) is 14.8 Å². The highest BCUT2D eigenvalue weighted by Crippen LogP contribution is 2.32. The number of ether oxygens (including phenoxy) is 1. The van der Waals surface area contributed by atoms with Crippen LogP contribution in [-0.4, -0.2) is 54.5 Å². The zero-order valence-electron chi connectivity index (χ0n) is 20.4. The molecule has 2 heterocycles. The lowest BCUT2D eigenvalue weighted by molar-refractivity contribution is -0.140. The number of carbonyl (C=O) groups excluding carboxylic acids is 2. The smallest absolute Gasteiger partial charge is 0.419 e. The van der Waals surface area contributed by atoms with Crippen LogP contribution in [0.25, 0.3) is 0 Å². The molecule has 0 unspecified atom stereocenters. The molecule has 1 saturated heterocycles. The van der Waals surface area contributed by atoms with Crippen LogP contribution in [0.5, 0.6) is 0 Å². The average molecular weight is 508 g/mol. The second kappa shape index (κ2) is 11.7. The van der Waals surface area contributed by atoms with Crippen molar-refractivity contribution in [3.63, 3.8) is 0 Å². The maximum Gasteiger partial charge on any atom is 0.419 e. The van der Waals surface area contributed by atoms with Gasteiger partial charge in [-0.25, -0.2) is 9.97 Å². The Labute approximate surface area is 214 Å². The number of hydrogen-bond donors (Lipinski definition) is 0. The molecular weight excluding hydrogens is 482 g/mol. The van der Waals surface area contributed by atoms with Crippen LogP contribution in [0.1, 0.15) is 45.3 Å². The van der Waals surface area contributed by atoms with E-state index in [1.54, 1.807) is 24.3 Å². The topological polar surface area (TPSA) is 72.4 Å². The Bertz CT molecular complexity index is 1250. The minimum Gasteiger partial charge on any atom is -0.469 e. The molecule has 37 heavy (non-hydrogen) atoms. The number of alkyl halides is 3. The van der Waals surface area contributed by atoms with E-state index in [4.69, 9.17) is 4.74 Å². The number of methoxy groups -OCH3 is 1. The van der Waals surface area contributed by atoms with Gasteiger partial charge in [-0.3, -0.25) is 4.79 Å². The van der Waals surface area contributed by atoms with Crippen LogP contribution in [0.3, 0.4) is 0 Å². The van der Waals surface area contributed by atoms with Crippen LogP contribution < -0.4 is 0 Å². The quantitative estimate of drug-likeness (QED) is 0.236. The maximum atomic E-state index is 13.7. The van der Waals surface area contributed by atoms with Crippen LogP contribution >= 0.6 is 0 Å². The molecule has 191 valence electrons. The third-order valence-corrected chi connectivity index (χ3v) is 6.53. The van der Waals surface area contributed by atoms with E-state index in [0.717, 1.165) is 47.7 Å². The molecule has 3 aromatic rings. The summed E-state index contributed by atoms with van der Waals surface area (Å²) in [5.41, 5.74) is 2.63. The second-order valence-corrected chi connectivity index (χ2v) is 9.02. The van der Waals surface area contributed by atoms with E-state index in [1.807, 2.05) is 29.1 Å². The number of hydrogen-bond acceptors (Lipinski definition) is 6. The SMILES string of the molecule is COC(=O)Cc1ccccc1CCc1nc(Cc2ccc(C3CN([B]C=O)C3)cc2)ncc1C(F)(F)F. The Morgan fingerprint density at radius 1 is 1.11 bits per heavy atom. The lowest BCUT2D eigenvalue weighted by Gasteiger charge is -2.38. The summed E-state index contributed by atoms with van der Waals surface area (Å²) < 4.78 is 45.8. The van der Waals surface area contributed by atoms with Gasteiger partial charge in [-0.1, -0.05) is 48.5 Å². The molecule has 0 bridgehead atoms. The molecule has 0 saturated carbocycles. The van der Waals surface area contributed by atoms with Crippen molar-refractivity contribution in [3.8, 4) is 0 Å². The van der Waals surface area contributed by atoms with Crippen molar-refractivity contribution in [2.45, 2.75) is 37.8 Å². The van der Waals surface area contributed by atoms with Gasteiger partial charge >= 0.3 is 12.1 Å². The summed E-state index contributed by atoms with van der Waals surface area (Å²) in [7, 11) is 2.83. The molecule has 1 aromatic heterocycles. The lowest BCUT2D eigenvalue weighted by atomic mass is 9.81. The monoisotopic (exact) mass is 508 g/mol. The molecule has 0 aliphatic carbocycles. The van der Waals surface area contributed by atoms with Crippen LogP contribution in [0.4, 0.5) is 13.2 Å². The van der Waals surface area contributed by atoms with E-state index >= 15 is 0 Å². The first-order valence-electron chi connectivity index (χ1n) is 11.9. The Morgan fingerprint density at radius 3 is 2.46 bits per heavy atom. The number of aromatic nitrogens is 2. The van der Waals surface area contributed by atoms with Gasteiger partial charge in [-0.05, 0) is 48.2 Å². The van der Waals surface area contributed by atoms with Gasteiger partial charge in [0.1, 0.15) is 5.82 Å². The highest BCUT2D eigenvalue weighted by atomic mass is 19.4. The molecule has 1 aliphatic rings. The predicted octanol–water partition coefficient (Wildman–Crippen LogP) is 3.80. The molecule has 1 radical (unpaired) electrons. The third kappa shape index (κ3) is 6.83. The van der Waals surface area contributed by atoms with Crippen molar-refractivity contribution in [1.29, 1.82) is 0 Å². The van der Waals surface area contributed by atoms with E-state index in [-0.39, 0.29) is 18.5 Å². The highest BCUT2D eigenvalue weighted by Gasteiger charge is 2.35. The number of rotatable bonds is 10. The van der Waals surface area contributed by atoms with Gasteiger partial charge in [-0.15, -0.1) is 0 Å². The maximum absolute atomic E-state index is 13.7. The first kappa shape index (κ1) is 26.5. The van der Waals surface area contributed by atoms with Gasteiger partial charge in [0.25, 0.3) is 7.41 Å². The largest absolute Gasteiger partial charge is 0.469 e. The Kier molecular flexibility index (Phi) is 8.38. The lowest BCUT2D eigenvalue weighted by Crippen LogP contribution is -2.47. The summed E-state index contributed by atoms with van der Waals surface area (Å²) >= 11 is 0. The van der Waals surface area contributed by atoms with Gasteiger partial charge in [-0.2, -0.15) is 13.2 Å². The van der Waals surface area contributed by atoms with Crippen molar-refractivity contribution < 1.29 is 27.5 Å². The fourth-order valence-corrected chi connectivity index (χ4v) is 4.45. The van der Waals surface area contributed by atoms with Crippen LogP contribution in [0, 0.1) is 0 Å². The molecule has 0 atom stereocenters. The molecular formula is C27H26BF3N3O3. The van der Waals surface area contributed by atoms with Crippen molar-refractivity contribution in [3.05, 3.63) is 94.1 Å². The van der Waals surface area contributed by atoms with Gasteiger partial charge < -0.3 is 14.3 Å². The standard InChI is InChI=1S/C27H26BF3N3O3/c1-37-26(36)13-21-5-3-2-4-19(21)10-11-24-23(27(29,30)31)14-32-25(33-24)12-18-6-8-20(9-7-18)22-15-34(16-22)28-17-35/h2-9,14,17,22H,10-13,15-16H2,1H3. The fraction of sp³-hybridized carbons (Fsp3) is 0.333. The number of carbonyl (C=O) groups is 2. The molecule has 4 rings (SSSR count). The van der Waals surface area contributed by atoms with Crippen molar-refractivity contribution in [2.24, 2.45) is 0 Å². The number of nitrogens with zero attached hydrogens (tertiary/aromatic N) is 3. The summed E-state index contributed by atoms with van der Waals surface area (Å²) in [6, 6.07) is 15.0. The predicted molar refractivity (Wildman–Crippen MR) is 133 cm³/mol. The number of benzene rings is 2. The molecule has 6 nitrogen and oxygen atoms in total. The third-order valence-electron chi connectivity index (χ3n) is 6.53. The Balaban J connectivity index is 1.48. The molecule has 0 N–H and O–H groups in total. The first-order chi connectivity index (χ1) is 17.8. The summed E-state index contributed by atoms with van der Waals surface area (Å²) in [6.45, 7) is 1.57. The van der Waals surface area contributed by atoms with Crippen LogP contribution in [-0.2, 0) is 46.2 Å². The van der Waals surface area contributed by atoms with Gasteiger partial charge in [0.2, 0.25) is 0 Å². The average Bonchev–Trinajstić information content (AvgIpc) is 2.85. The molecule has 1 fully saturated rings. The highest BCUT2D eigenvalue weighted by molar-refractivity contribution is 6.64. The molecule has 10 heteroatoms.